The number of rotatable bonds is 3. The highest BCUT2D eigenvalue weighted by molar-refractivity contribution is 5.94. The minimum absolute atomic E-state index is 0.0202. The van der Waals surface area contributed by atoms with Crippen LogP contribution in [-0.2, 0) is 4.79 Å². The zero-order valence-electron chi connectivity index (χ0n) is 14.3. The number of hydrogen-bond donors (Lipinski definition) is 1. The second kappa shape index (κ2) is 6.09. The average Bonchev–Trinajstić information content (AvgIpc) is 3.05. The molecule has 2 heterocycles. The second-order valence-electron chi connectivity index (χ2n) is 6.49. The summed E-state index contributed by atoms with van der Waals surface area (Å²) in [5, 5.41) is 7.51. The Hall–Kier alpha value is -3.08. The van der Waals surface area contributed by atoms with Crippen LogP contribution in [0.2, 0.25) is 0 Å². The van der Waals surface area contributed by atoms with Gasteiger partial charge in [0, 0.05) is 37.7 Å². The van der Waals surface area contributed by atoms with Gasteiger partial charge in [-0.05, 0) is 29.8 Å². The Balaban J connectivity index is 1.75. The van der Waals surface area contributed by atoms with E-state index in [0.29, 0.717) is 6.42 Å². The van der Waals surface area contributed by atoms with Crippen LogP contribution in [0.25, 0.3) is 5.69 Å². The van der Waals surface area contributed by atoms with E-state index in [0.717, 1.165) is 28.3 Å². The van der Waals surface area contributed by atoms with Gasteiger partial charge < -0.3 is 10.2 Å². The van der Waals surface area contributed by atoms with E-state index in [4.69, 9.17) is 0 Å². The molecule has 0 bridgehead atoms. The smallest absolute Gasteiger partial charge is 0.226 e. The molecule has 2 aromatic carbocycles. The zero-order chi connectivity index (χ0) is 17.4. The summed E-state index contributed by atoms with van der Waals surface area (Å²) in [6, 6.07) is 18.2. The number of hydrogen-bond acceptors (Lipinski definition) is 3. The van der Waals surface area contributed by atoms with Gasteiger partial charge in [0.1, 0.15) is 5.82 Å². The number of anilines is 2. The predicted molar refractivity (Wildman–Crippen MR) is 99.4 cm³/mol. The number of nitrogens with one attached hydrogen (secondary N) is 1. The molecule has 5 heteroatoms. The van der Waals surface area contributed by atoms with Gasteiger partial charge in [-0.1, -0.05) is 30.3 Å². The first-order valence-corrected chi connectivity index (χ1v) is 8.34. The van der Waals surface area contributed by atoms with Crippen LogP contribution < -0.4 is 10.2 Å². The molecule has 25 heavy (non-hydrogen) atoms. The number of benzene rings is 2. The van der Waals surface area contributed by atoms with Crippen LogP contribution in [0.4, 0.5) is 11.5 Å². The summed E-state index contributed by atoms with van der Waals surface area (Å²) in [6.45, 7) is 0. The molecule has 126 valence electrons. The lowest BCUT2D eigenvalue weighted by Gasteiger charge is -2.24. The Bertz CT molecular complexity index is 897. The fourth-order valence-electron chi connectivity index (χ4n) is 3.29. The minimum Gasteiger partial charge on any atom is -0.378 e. The van der Waals surface area contributed by atoms with Crippen LogP contribution in [0.3, 0.4) is 0 Å². The first-order chi connectivity index (χ1) is 12.1. The number of aromatic nitrogens is 2. The van der Waals surface area contributed by atoms with Crippen molar-refractivity contribution in [2.24, 2.45) is 0 Å². The van der Waals surface area contributed by atoms with Crippen molar-refractivity contribution in [3.05, 3.63) is 71.9 Å². The van der Waals surface area contributed by atoms with Crippen molar-refractivity contribution in [2.75, 3.05) is 24.3 Å². The molecule has 5 nitrogen and oxygen atoms in total. The zero-order valence-corrected chi connectivity index (χ0v) is 14.3. The molecule has 0 radical (unpaired) electrons. The molecule has 0 spiro atoms. The highest BCUT2D eigenvalue weighted by atomic mass is 16.1. The summed E-state index contributed by atoms with van der Waals surface area (Å²) in [5.74, 6) is 0.813. The van der Waals surface area contributed by atoms with Gasteiger partial charge in [-0.2, -0.15) is 5.10 Å². The van der Waals surface area contributed by atoms with E-state index in [-0.39, 0.29) is 11.8 Å². The maximum absolute atomic E-state index is 12.3. The van der Waals surface area contributed by atoms with Crippen LogP contribution >= 0.6 is 0 Å². The van der Waals surface area contributed by atoms with Crippen molar-refractivity contribution >= 4 is 17.4 Å². The number of amides is 1. The van der Waals surface area contributed by atoms with Crippen molar-refractivity contribution in [3.63, 3.8) is 0 Å². The Morgan fingerprint density at radius 1 is 1.08 bits per heavy atom. The van der Waals surface area contributed by atoms with Crippen LogP contribution in [0.15, 0.2) is 60.8 Å². The van der Waals surface area contributed by atoms with Gasteiger partial charge in [0.15, 0.2) is 0 Å². The monoisotopic (exact) mass is 332 g/mol. The first-order valence-electron chi connectivity index (χ1n) is 8.34. The molecule has 3 aromatic rings. The molecule has 0 saturated heterocycles. The number of fused-ring (bicyclic) bond motifs is 1. The van der Waals surface area contributed by atoms with Crippen molar-refractivity contribution in [1.29, 1.82) is 0 Å². The molecule has 1 atom stereocenters. The van der Waals surface area contributed by atoms with Crippen LogP contribution in [-0.4, -0.2) is 29.8 Å². The summed E-state index contributed by atoms with van der Waals surface area (Å²) in [4.78, 5) is 14.4. The van der Waals surface area contributed by atoms with Gasteiger partial charge in [-0.3, -0.25) is 4.79 Å². The van der Waals surface area contributed by atoms with Crippen molar-refractivity contribution in [1.82, 2.24) is 9.78 Å². The lowest BCUT2D eigenvalue weighted by molar-refractivity contribution is -0.116. The normalized spacial score (nSPS) is 16.2. The van der Waals surface area contributed by atoms with Crippen LogP contribution in [0.5, 0.6) is 0 Å². The fourth-order valence-corrected chi connectivity index (χ4v) is 3.29. The number of nitrogens with zero attached hydrogens (tertiary/aromatic N) is 3. The quantitative estimate of drug-likeness (QED) is 0.799. The van der Waals surface area contributed by atoms with E-state index in [1.807, 2.05) is 50.6 Å². The van der Waals surface area contributed by atoms with Gasteiger partial charge in [0.05, 0.1) is 11.9 Å². The summed E-state index contributed by atoms with van der Waals surface area (Å²) in [6.07, 6.45) is 2.31. The van der Waals surface area contributed by atoms with E-state index < -0.39 is 0 Å². The first kappa shape index (κ1) is 15.4. The predicted octanol–water partition coefficient (Wildman–Crippen LogP) is 3.41. The van der Waals surface area contributed by atoms with E-state index in [9.17, 15) is 4.79 Å². The minimum atomic E-state index is 0.0202. The lowest BCUT2D eigenvalue weighted by Crippen LogP contribution is -2.24. The molecule has 0 saturated carbocycles. The van der Waals surface area contributed by atoms with Gasteiger partial charge in [-0.25, -0.2) is 4.68 Å². The topological polar surface area (TPSA) is 50.2 Å². The molecule has 1 aromatic heterocycles. The van der Waals surface area contributed by atoms with Crippen LogP contribution in [0, 0.1) is 0 Å². The highest BCUT2D eigenvalue weighted by Crippen LogP contribution is 2.38. The largest absolute Gasteiger partial charge is 0.378 e. The van der Waals surface area contributed by atoms with Crippen LogP contribution in [0.1, 0.15) is 23.5 Å². The maximum Gasteiger partial charge on any atom is 0.226 e. The Morgan fingerprint density at radius 3 is 2.48 bits per heavy atom. The standard InChI is InChI=1S/C20H20N4O/c1-23(2)15-10-8-14(9-11-15)17-12-19(25)22-20-18(17)13-21-24(20)16-6-4-3-5-7-16/h3-11,13,17H,12H2,1-2H3,(H,22,25). The SMILES string of the molecule is CN(C)c1ccc(C2CC(=O)Nc3c2cnn3-c2ccccc2)cc1. The van der Waals surface area contributed by atoms with E-state index >= 15 is 0 Å². The molecular weight excluding hydrogens is 312 g/mol. The van der Waals surface area contributed by atoms with Crippen molar-refractivity contribution in [3.8, 4) is 5.69 Å². The summed E-state index contributed by atoms with van der Waals surface area (Å²) >= 11 is 0. The van der Waals surface area contributed by atoms with E-state index in [2.05, 4.69) is 39.6 Å². The molecule has 0 aliphatic carbocycles. The highest BCUT2D eigenvalue weighted by Gasteiger charge is 2.30. The third-order valence-corrected chi connectivity index (χ3v) is 4.63. The molecular formula is C20H20N4O. The Kier molecular flexibility index (Phi) is 3.76. The second-order valence-corrected chi connectivity index (χ2v) is 6.49. The van der Waals surface area contributed by atoms with Crippen molar-refractivity contribution < 1.29 is 4.79 Å². The molecule has 1 aliphatic heterocycles. The molecule has 0 fully saturated rings. The summed E-state index contributed by atoms with van der Waals surface area (Å²) in [7, 11) is 4.04. The van der Waals surface area contributed by atoms with Gasteiger partial charge in [0.25, 0.3) is 0 Å². The molecule has 4 rings (SSSR count). The van der Waals surface area contributed by atoms with Crippen molar-refractivity contribution in [2.45, 2.75) is 12.3 Å². The van der Waals surface area contributed by atoms with Gasteiger partial charge >= 0.3 is 0 Å². The molecule has 1 amide bonds. The lowest BCUT2D eigenvalue weighted by atomic mass is 9.87. The maximum atomic E-state index is 12.3. The molecule has 1 N–H and O–H groups in total. The Labute approximate surface area is 146 Å². The third kappa shape index (κ3) is 2.78. The molecule has 1 aliphatic rings. The van der Waals surface area contributed by atoms with E-state index in [1.54, 1.807) is 4.68 Å². The van der Waals surface area contributed by atoms with Gasteiger partial charge in [0.2, 0.25) is 5.91 Å². The average molecular weight is 332 g/mol. The summed E-state index contributed by atoms with van der Waals surface area (Å²) < 4.78 is 1.80. The fraction of sp³-hybridized carbons (Fsp3) is 0.200. The Morgan fingerprint density at radius 2 is 1.80 bits per heavy atom. The summed E-state index contributed by atoms with van der Waals surface area (Å²) in [5.41, 5.74) is 4.27. The third-order valence-electron chi connectivity index (χ3n) is 4.63. The number of carbonyl (C=O) groups excluding carboxylic acids is 1. The van der Waals surface area contributed by atoms with E-state index in [1.165, 1.54) is 0 Å². The van der Waals surface area contributed by atoms with Gasteiger partial charge in [-0.15, -0.1) is 0 Å². The molecule has 1 unspecified atom stereocenters. The number of carbonyl (C=O) groups is 1. The number of para-hydroxylation sites is 1.